The molecule has 2 aliphatic carbocycles. The highest BCUT2D eigenvalue weighted by atomic mass is 15.0. The maximum absolute atomic E-state index is 6.03. The largest absolute Gasteiger partial charge is 0.329 e. The van der Waals surface area contributed by atoms with Crippen LogP contribution in [0.1, 0.15) is 58.8 Å². The van der Waals surface area contributed by atoms with Crippen LogP contribution < -0.4 is 11.1 Å². The van der Waals surface area contributed by atoms with Crippen molar-refractivity contribution in [1.82, 2.24) is 5.32 Å². The Labute approximate surface area is 100 Å². The molecule has 0 aromatic rings. The van der Waals surface area contributed by atoms with E-state index in [1.165, 1.54) is 44.9 Å². The molecule has 0 aliphatic heterocycles. The summed E-state index contributed by atoms with van der Waals surface area (Å²) in [6, 6.07) is 0.743. The van der Waals surface area contributed by atoms with Gasteiger partial charge in [-0.2, -0.15) is 0 Å². The van der Waals surface area contributed by atoms with E-state index in [1.54, 1.807) is 0 Å². The van der Waals surface area contributed by atoms with Crippen LogP contribution in [0, 0.1) is 11.8 Å². The molecule has 0 aromatic carbocycles. The molecule has 0 amide bonds. The average molecular weight is 224 g/mol. The van der Waals surface area contributed by atoms with E-state index >= 15 is 0 Å². The highest BCUT2D eigenvalue weighted by Gasteiger charge is 2.36. The molecule has 2 fully saturated rings. The molecule has 2 nitrogen and oxygen atoms in total. The quantitative estimate of drug-likeness (QED) is 0.773. The normalized spacial score (nSPS) is 44.8. The lowest BCUT2D eigenvalue weighted by Gasteiger charge is -2.41. The zero-order chi connectivity index (χ0) is 11.6. The highest BCUT2D eigenvalue weighted by Crippen LogP contribution is 2.34. The van der Waals surface area contributed by atoms with Gasteiger partial charge in [0.2, 0.25) is 0 Å². The van der Waals surface area contributed by atoms with Gasteiger partial charge in [0.05, 0.1) is 0 Å². The molecule has 2 unspecified atom stereocenters. The second kappa shape index (κ2) is 5.05. The van der Waals surface area contributed by atoms with E-state index in [4.69, 9.17) is 5.73 Å². The van der Waals surface area contributed by atoms with Crippen molar-refractivity contribution < 1.29 is 0 Å². The Morgan fingerprint density at radius 2 is 1.75 bits per heavy atom. The van der Waals surface area contributed by atoms with Crippen LogP contribution in [0.3, 0.4) is 0 Å². The van der Waals surface area contributed by atoms with Crippen molar-refractivity contribution in [1.29, 1.82) is 0 Å². The zero-order valence-corrected chi connectivity index (χ0v) is 11.0. The molecule has 0 saturated heterocycles. The van der Waals surface area contributed by atoms with Crippen LogP contribution >= 0.6 is 0 Å². The maximum atomic E-state index is 6.03. The van der Waals surface area contributed by atoms with E-state index in [2.05, 4.69) is 19.2 Å². The molecule has 2 rings (SSSR count). The van der Waals surface area contributed by atoms with Gasteiger partial charge in [0.25, 0.3) is 0 Å². The van der Waals surface area contributed by atoms with Gasteiger partial charge in [-0.1, -0.05) is 13.8 Å². The lowest BCUT2D eigenvalue weighted by molar-refractivity contribution is 0.182. The topological polar surface area (TPSA) is 38.0 Å². The van der Waals surface area contributed by atoms with E-state index in [0.29, 0.717) is 0 Å². The van der Waals surface area contributed by atoms with Crippen molar-refractivity contribution in [2.24, 2.45) is 17.6 Å². The summed E-state index contributed by atoms with van der Waals surface area (Å²) < 4.78 is 0. The highest BCUT2D eigenvalue weighted by molar-refractivity contribution is 4.96. The summed E-state index contributed by atoms with van der Waals surface area (Å²) >= 11 is 0. The summed E-state index contributed by atoms with van der Waals surface area (Å²) in [5, 5.41) is 3.91. The first-order chi connectivity index (χ1) is 7.63. The third-order valence-electron chi connectivity index (χ3n) is 4.83. The fourth-order valence-electron chi connectivity index (χ4n) is 3.49. The summed E-state index contributed by atoms with van der Waals surface area (Å²) in [5.41, 5.74) is 6.31. The molecule has 2 saturated carbocycles. The van der Waals surface area contributed by atoms with Gasteiger partial charge in [-0.3, -0.25) is 0 Å². The molecule has 0 aromatic heterocycles. The van der Waals surface area contributed by atoms with Gasteiger partial charge in [0.1, 0.15) is 0 Å². The molecule has 2 aliphatic rings. The average Bonchev–Trinajstić information content (AvgIpc) is 2.68. The molecular weight excluding hydrogens is 196 g/mol. The number of hydrogen-bond acceptors (Lipinski definition) is 2. The number of rotatable bonds is 3. The minimum absolute atomic E-state index is 0.279. The van der Waals surface area contributed by atoms with Crippen LogP contribution in [0.5, 0.6) is 0 Å². The second-order valence-electron chi connectivity index (χ2n) is 6.43. The Bertz CT molecular complexity index is 219. The molecule has 0 bridgehead atoms. The van der Waals surface area contributed by atoms with Crippen LogP contribution in [0.15, 0.2) is 0 Å². The Morgan fingerprint density at radius 3 is 2.25 bits per heavy atom. The van der Waals surface area contributed by atoms with Gasteiger partial charge in [-0.05, 0) is 56.8 Å². The lowest BCUT2D eigenvalue weighted by atomic mass is 9.76. The van der Waals surface area contributed by atoms with Crippen LogP contribution in [0.4, 0.5) is 0 Å². The van der Waals surface area contributed by atoms with Crippen molar-refractivity contribution in [3.8, 4) is 0 Å². The molecule has 3 N–H and O–H groups in total. The minimum Gasteiger partial charge on any atom is -0.329 e. The van der Waals surface area contributed by atoms with E-state index in [1.807, 2.05) is 0 Å². The summed E-state index contributed by atoms with van der Waals surface area (Å²) in [6.07, 6.45) is 9.40. The van der Waals surface area contributed by atoms with Crippen LogP contribution in [-0.2, 0) is 0 Å². The second-order valence-corrected chi connectivity index (χ2v) is 6.43. The molecule has 2 atom stereocenters. The molecule has 2 heteroatoms. The van der Waals surface area contributed by atoms with Crippen molar-refractivity contribution in [3.63, 3.8) is 0 Å². The first kappa shape index (κ1) is 12.4. The van der Waals surface area contributed by atoms with Gasteiger partial charge in [-0.15, -0.1) is 0 Å². The summed E-state index contributed by atoms with van der Waals surface area (Å²) in [7, 11) is 0. The van der Waals surface area contributed by atoms with E-state index in [9.17, 15) is 0 Å². The minimum atomic E-state index is 0.279. The smallest absolute Gasteiger partial charge is 0.0306 e. The van der Waals surface area contributed by atoms with Gasteiger partial charge in [-0.25, -0.2) is 0 Å². The first-order valence-corrected chi connectivity index (χ1v) is 7.11. The lowest BCUT2D eigenvalue weighted by Crippen LogP contribution is -2.56. The summed E-state index contributed by atoms with van der Waals surface area (Å²) in [5.74, 6) is 1.82. The fraction of sp³-hybridized carbons (Fsp3) is 1.00. The Morgan fingerprint density at radius 1 is 1.06 bits per heavy atom. The third-order valence-corrected chi connectivity index (χ3v) is 4.83. The molecule has 94 valence electrons. The standard InChI is InChI=1S/C14H28N2/c1-11-5-7-14(10-15,8-6-11)16-13-4-3-12(2)9-13/h11-13,16H,3-10,15H2,1-2H3. The Hall–Kier alpha value is -0.0800. The molecule has 16 heavy (non-hydrogen) atoms. The third kappa shape index (κ3) is 2.78. The number of hydrogen-bond donors (Lipinski definition) is 2. The predicted octanol–water partition coefficient (Wildman–Crippen LogP) is 2.67. The summed E-state index contributed by atoms with van der Waals surface area (Å²) in [4.78, 5) is 0. The van der Waals surface area contributed by atoms with Crippen molar-refractivity contribution in [2.45, 2.75) is 70.4 Å². The Kier molecular flexibility index (Phi) is 3.91. The van der Waals surface area contributed by atoms with Gasteiger partial charge < -0.3 is 11.1 Å². The van der Waals surface area contributed by atoms with Crippen LogP contribution in [0.2, 0.25) is 0 Å². The van der Waals surface area contributed by atoms with Gasteiger partial charge >= 0.3 is 0 Å². The molecular formula is C14H28N2. The first-order valence-electron chi connectivity index (χ1n) is 7.11. The Balaban J connectivity index is 1.89. The fourth-order valence-corrected chi connectivity index (χ4v) is 3.49. The zero-order valence-electron chi connectivity index (χ0n) is 11.0. The van der Waals surface area contributed by atoms with Crippen LogP contribution in [-0.4, -0.2) is 18.1 Å². The van der Waals surface area contributed by atoms with Crippen LogP contribution in [0.25, 0.3) is 0 Å². The van der Waals surface area contributed by atoms with Crippen molar-refractivity contribution in [2.75, 3.05) is 6.54 Å². The SMILES string of the molecule is CC1CCC(CN)(NC2CCC(C)C2)CC1. The van der Waals surface area contributed by atoms with Gasteiger partial charge in [0.15, 0.2) is 0 Å². The van der Waals surface area contributed by atoms with Crippen molar-refractivity contribution >= 4 is 0 Å². The van der Waals surface area contributed by atoms with E-state index < -0.39 is 0 Å². The monoisotopic (exact) mass is 224 g/mol. The summed E-state index contributed by atoms with van der Waals surface area (Å²) in [6.45, 7) is 5.57. The van der Waals surface area contributed by atoms with E-state index in [-0.39, 0.29) is 5.54 Å². The van der Waals surface area contributed by atoms with Crippen molar-refractivity contribution in [3.05, 3.63) is 0 Å². The number of nitrogens with two attached hydrogens (primary N) is 1. The molecule has 0 heterocycles. The van der Waals surface area contributed by atoms with E-state index in [0.717, 1.165) is 24.4 Å². The molecule has 0 radical (unpaired) electrons. The molecule has 0 spiro atoms. The predicted molar refractivity (Wildman–Crippen MR) is 69.4 cm³/mol. The maximum Gasteiger partial charge on any atom is 0.0306 e. The number of nitrogens with one attached hydrogen (secondary N) is 1. The van der Waals surface area contributed by atoms with Gasteiger partial charge in [0, 0.05) is 18.1 Å².